The van der Waals surface area contributed by atoms with Gasteiger partial charge in [0.2, 0.25) is 0 Å². The summed E-state index contributed by atoms with van der Waals surface area (Å²) in [5, 5.41) is 13.5. The van der Waals surface area contributed by atoms with Crippen molar-refractivity contribution in [3.63, 3.8) is 0 Å². The van der Waals surface area contributed by atoms with Crippen molar-refractivity contribution in [2.75, 3.05) is 0 Å². The van der Waals surface area contributed by atoms with Crippen LogP contribution in [-0.4, -0.2) is 43.2 Å². The zero-order valence-corrected chi connectivity index (χ0v) is 29.9. The standard InChI is InChI=1S/C37H57NO6Si/c1-36(2,3)43-35(41)38-32(24-27-15-11-9-12-16-27)33(44-45(7,8)37(4,5)6)25-30(34(39)40)23-28-19-21-31(22-20-28)42-26-29-17-13-10-14-18-29/h10,13-14,17-22,27,30,32-33H,9,11-12,15-16,23-26H2,1-8H3,(H,38,41)(H,39,40)/t30-,32+,33+/m1/s1. The normalized spacial score (nSPS) is 16.8. The second-order valence-corrected chi connectivity index (χ2v) is 20.1. The first-order valence-corrected chi connectivity index (χ1v) is 19.6. The Morgan fingerprint density at radius 2 is 1.53 bits per heavy atom. The number of carboxylic acid groups (broad SMARTS) is 1. The highest BCUT2D eigenvalue weighted by molar-refractivity contribution is 6.74. The summed E-state index contributed by atoms with van der Waals surface area (Å²) in [6.07, 6.45) is 6.27. The molecule has 8 heteroatoms. The van der Waals surface area contributed by atoms with E-state index < -0.39 is 38.0 Å². The van der Waals surface area contributed by atoms with Gasteiger partial charge in [0.25, 0.3) is 0 Å². The summed E-state index contributed by atoms with van der Waals surface area (Å²) in [5.74, 6) is -0.360. The second kappa shape index (κ2) is 16.1. The lowest BCUT2D eigenvalue weighted by molar-refractivity contribution is -0.142. The molecule has 1 fully saturated rings. The highest BCUT2D eigenvalue weighted by atomic mass is 28.4. The van der Waals surface area contributed by atoms with Crippen molar-refractivity contribution in [2.45, 2.75) is 135 Å². The van der Waals surface area contributed by atoms with Crippen LogP contribution in [0, 0.1) is 11.8 Å². The van der Waals surface area contributed by atoms with E-state index in [1.165, 1.54) is 19.3 Å². The van der Waals surface area contributed by atoms with Gasteiger partial charge in [-0.15, -0.1) is 0 Å². The summed E-state index contributed by atoms with van der Waals surface area (Å²) in [6.45, 7) is 17.0. The summed E-state index contributed by atoms with van der Waals surface area (Å²) in [7, 11) is -2.33. The summed E-state index contributed by atoms with van der Waals surface area (Å²) >= 11 is 0. The minimum Gasteiger partial charge on any atom is -0.489 e. The number of rotatable bonds is 14. The topological polar surface area (TPSA) is 94.1 Å². The zero-order valence-electron chi connectivity index (χ0n) is 28.9. The predicted molar refractivity (Wildman–Crippen MR) is 183 cm³/mol. The van der Waals surface area contributed by atoms with Gasteiger partial charge in [-0.25, -0.2) is 4.79 Å². The van der Waals surface area contributed by atoms with Gasteiger partial charge >= 0.3 is 12.1 Å². The van der Waals surface area contributed by atoms with E-state index in [9.17, 15) is 14.7 Å². The van der Waals surface area contributed by atoms with Gasteiger partial charge in [-0.2, -0.15) is 0 Å². The molecule has 0 aliphatic heterocycles. The molecule has 45 heavy (non-hydrogen) atoms. The van der Waals surface area contributed by atoms with E-state index in [2.05, 4.69) is 39.2 Å². The number of benzene rings is 2. The van der Waals surface area contributed by atoms with Crippen molar-refractivity contribution in [1.29, 1.82) is 0 Å². The second-order valence-electron chi connectivity index (χ2n) is 15.3. The fourth-order valence-electron chi connectivity index (χ4n) is 5.69. The van der Waals surface area contributed by atoms with Crippen molar-refractivity contribution in [2.24, 2.45) is 11.8 Å². The molecule has 1 saturated carbocycles. The molecular weight excluding hydrogens is 582 g/mol. The molecule has 0 heterocycles. The van der Waals surface area contributed by atoms with Crippen molar-refractivity contribution in [1.82, 2.24) is 5.32 Å². The molecule has 2 aromatic rings. The molecule has 1 aliphatic rings. The Morgan fingerprint density at radius 3 is 2.09 bits per heavy atom. The van der Waals surface area contributed by atoms with E-state index >= 15 is 0 Å². The number of carboxylic acids is 1. The number of carbonyl (C=O) groups excluding carboxylic acids is 1. The van der Waals surface area contributed by atoms with E-state index in [1.807, 2.05) is 75.4 Å². The minimum atomic E-state index is -2.33. The molecule has 1 amide bonds. The third kappa shape index (κ3) is 12.5. The molecule has 7 nitrogen and oxygen atoms in total. The van der Waals surface area contributed by atoms with Crippen LogP contribution in [0.4, 0.5) is 4.79 Å². The van der Waals surface area contributed by atoms with Crippen molar-refractivity contribution >= 4 is 20.4 Å². The number of aliphatic carboxylic acids is 1. The lowest BCUT2D eigenvalue weighted by Crippen LogP contribution is -2.54. The zero-order chi connectivity index (χ0) is 33.3. The Kier molecular flexibility index (Phi) is 13.1. The van der Waals surface area contributed by atoms with Crippen LogP contribution in [0.1, 0.15) is 97.6 Å². The van der Waals surface area contributed by atoms with Crippen LogP contribution >= 0.6 is 0 Å². The largest absolute Gasteiger partial charge is 0.489 e. The molecule has 0 aromatic heterocycles. The summed E-state index contributed by atoms with van der Waals surface area (Å²) in [6, 6.07) is 17.3. The van der Waals surface area contributed by atoms with Crippen molar-refractivity contribution in [3.8, 4) is 5.75 Å². The number of nitrogens with one attached hydrogen (secondary N) is 1. The maximum absolute atomic E-state index is 13.2. The molecule has 0 saturated heterocycles. The molecule has 3 atom stereocenters. The van der Waals surface area contributed by atoms with Crippen LogP contribution < -0.4 is 10.1 Å². The fourth-order valence-corrected chi connectivity index (χ4v) is 7.06. The number of ether oxygens (including phenoxy) is 2. The average molecular weight is 640 g/mol. The molecule has 250 valence electrons. The van der Waals surface area contributed by atoms with Crippen LogP contribution in [0.25, 0.3) is 0 Å². The lowest BCUT2D eigenvalue weighted by Gasteiger charge is -2.43. The minimum absolute atomic E-state index is 0.0825. The number of amides is 1. The average Bonchev–Trinajstić information content (AvgIpc) is 2.95. The summed E-state index contributed by atoms with van der Waals surface area (Å²) < 4.78 is 18.7. The SMILES string of the molecule is CC(C)(C)OC(=O)N[C@@H](CC1CCCCC1)[C@H](C[C@@H](Cc1ccc(OCc2ccccc2)cc1)C(=O)O)O[Si](C)(C)C(C)(C)C. The molecule has 0 bridgehead atoms. The highest BCUT2D eigenvalue weighted by Gasteiger charge is 2.43. The Labute approximate surface area is 272 Å². The van der Waals surface area contributed by atoms with E-state index in [1.54, 1.807) is 0 Å². The first-order chi connectivity index (χ1) is 21.0. The molecule has 2 N–H and O–H groups in total. The molecule has 3 rings (SSSR count). The summed E-state index contributed by atoms with van der Waals surface area (Å²) in [4.78, 5) is 25.9. The van der Waals surface area contributed by atoms with Gasteiger partial charge in [0.1, 0.15) is 18.0 Å². The number of carbonyl (C=O) groups is 2. The number of hydrogen-bond donors (Lipinski definition) is 2. The molecule has 2 aromatic carbocycles. The van der Waals surface area contributed by atoms with Gasteiger partial charge in [0.05, 0.1) is 18.1 Å². The van der Waals surface area contributed by atoms with E-state index in [0.717, 1.165) is 36.1 Å². The fraction of sp³-hybridized carbons (Fsp3) is 0.622. The quantitative estimate of drug-likeness (QED) is 0.200. The van der Waals surface area contributed by atoms with Crippen LogP contribution in [0.15, 0.2) is 54.6 Å². The molecule has 1 aliphatic carbocycles. The predicted octanol–water partition coefficient (Wildman–Crippen LogP) is 9.15. The van der Waals surface area contributed by atoms with Crippen LogP contribution in [0.5, 0.6) is 5.75 Å². The number of alkyl carbamates (subject to hydrolysis) is 1. The lowest BCUT2D eigenvalue weighted by atomic mass is 9.82. The summed E-state index contributed by atoms with van der Waals surface area (Å²) in [5.41, 5.74) is 1.36. The van der Waals surface area contributed by atoms with E-state index in [-0.39, 0.29) is 11.1 Å². The van der Waals surface area contributed by atoms with E-state index in [4.69, 9.17) is 13.9 Å². The third-order valence-electron chi connectivity index (χ3n) is 9.23. The first-order valence-electron chi connectivity index (χ1n) is 16.7. The van der Waals surface area contributed by atoms with Crippen LogP contribution in [0.2, 0.25) is 18.1 Å². The maximum Gasteiger partial charge on any atom is 0.407 e. The highest BCUT2D eigenvalue weighted by Crippen LogP contribution is 2.40. The van der Waals surface area contributed by atoms with Gasteiger partial charge in [0.15, 0.2) is 8.32 Å². The van der Waals surface area contributed by atoms with Gasteiger partial charge in [-0.3, -0.25) is 4.79 Å². The van der Waals surface area contributed by atoms with Crippen LogP contribution in [-0.2, 0) is 27.0 Å². The first kappa shape index (κ1) is 36.6. The number of hydrogen-bond acceptors (Lipinski definition) is 5. The molecular formula is C37H57NO6Si. The van der Waals surface area contributed by atoms with Crippen molar-refractivity contribution < 1.29 is 28.6 Å². The Bertz CT molecular complexity index is 1200. The molecule has 0 unspecified atom stereocenters. The Hall–Kier alpha value is -2.84. The van der Waals surface area contributed by atoms with E-state index in [0.29, 0.717) is 25.4 Å². The van der Waals surface area contributed by atoms with Gasteiger partial charge in [-0.05, 0) is 87.3 Å². The van der Waals surface area contributed by atoms with Gasteiger partial charge < -0.3 is 24.3 Å². The smallest absolute Gasteiger partial charge is 0.407 e. The molecule has 0 radical (unpaired) electrons. The van der Waals surface area contributed by atoms with Gasteiger partial charge in [-0.1, -0.05) is 95.3 Å². The maximum atomic E-state index is 13.2. The third-order valence-corrected chi connectivity index (χ3v) is 13.7. The Morgan fingerprint density at radius 1 is 0.911 bits per heavy atom. The monoisotopic (exact) mass is 639 g/mol. The van der Waals surface area contributed by atoms with Gasteiger partial charge in [0, 0.05) is 0 Å². The Balaban J connectivity index is 1.84. The van der Waals surface area contributed by atoms with Crippen molar-refractivity contribution in [3.05, 3.63) is 65.7 Å². The molecule has 0 spiro atoms. The van der Waals surface area contributed by atoms with Crippen LogP contribution in [0.3, 0.4) is 0 Å².